The van der Waals surface area contributed by atoms with Gasteiger partial charge < -0.3 is 14.6 Å². The molecule has 1 aliphatic rings. The van der Waals surface area contributed by atoms with E-state index in [0.717, 1.165) is 31.8 Å². The van der Waals surface area contributed by atoms with Crippen LogP contribution in [0.2, 0.25) is 0 Å². The van der Waals surface area contributed by atoms with Gasteiger partial charge in [0.05, 0.1) is 7.11 Å². The summed E-state index contributed by atoms with van der Waals surface area (Å²) in [4.78, 5) is 31.1. The number of hydrogen-bond acceptors (Lipinski definition) is 4. The second-order valence-corrected chi connectivity index (χ2v) is 6.18. The van der Waals surface area contributed by atoms with E-state index in [2.05, 4.69) is 22.0 Å². The average Bonchev–Trinajstić information content (AvgIpc) is 2.88. The number of H-pyrrole nitrogens is 1. The van der Waals surface area contributed by atoms with Crippen molar-refractivity contribution in [2.24, 2.45) is 0 Å². The van der Waals surface area contributed by atoms with Crippen molar-refractivity contribution >= 4 is 5.91 Å². The number of amides is 1. The zero-order valence-electron chi connectivity index (χ0n) is 14.4. The molecule has 6 nitrogen and oxygen atoms in total. The lowest BCUT2D eigenvalue weighted by Gasteiger charge is -2.22. The third-order valence-corrected chi connectivity index (χ3v) is 4.49. The molecule has 0 spiro atoms. The first-order valence-corrected chi connectivity index (χ1v) is 8.49. The Labute approximate surface area is 147 Å². The predicted molar refractivity (Wildman–Crippen MR) is 95.9 cm³/mol. The molecule has 1 N–H and O–H groups in total. The van der Waals surface area contributed by atoms with Crippen LogP contribution in [0.25, 0.3) is 0 Å². The molecule has 2 heterocycles. The van der Waals surface area contributed by atoms with E-state index < -0.39 is 0 Å². The molecule has 0 atom stereocenters. The van der Waals surface area contributed by atoms with Crippen molar-refractivity contribution in [3.05, 3.63) is 64.1 Å². The fourth-order valence-electron chi connectivity index (χ4n) is 3.08. The second kappa shape index (κ2) is 7.98. The van der Waals surface area contributed by atoms with Crippen molar-refractivity contribution in [2.45, 2.75) is 13.0 Å². The maximum absolute atomic E-state index is 12.6. The van der Waals surface area contributed by atoms with Crippen LogP contribution in [-0.2, 0) is 6.54 Å². The van der Waals surface area contributed by atoms with Gasteiger partial charge in [0.25, 0.3) is 11.5 Å². The molecule has 0 aliphatic carbocycles. The lowest BCUT2D eigenvalue weighted by Crippen LogP contribution is -2.37. The van der Waals surface area contributed by atoms with Gasteiger partial charge in [0.1, 0.15) is 11.3 Å². The second-order valence-electron chi connectivity index (χ2n) is 6.18. The molecule has 0 bridgehead atoms. The minimum atomic E-state index is -0.327. The van der Waals surface area contributed by atoms with E-state index in [4.69, 9.17) is 4.74 Å². The van der Waals surface area contributed by atoms with Crippen LogP contribution in [0, 0.1) is 0 Å². The summed E-state index contributed by atoms with van der Waals surface area (Å²) in [6.45, 7) is 3.87. The first-order chi connectivity index (χ1) is 12.2. The highest BCUT2D eigenvalue weighted by atomic mass is 16.5. The molecule has 0 radical (unpaired) electrons. The summed E-state index contributed by atoms with van der Waals surface area (Å²) in [6.07, 6.45) is 2.44. The molecule has 0 unspecified atom stereocenters. The molecular weight excluding hydrogens is 318 g/mol. The Morgan fingerprint density at radius 1 is 1.12 bits per heavy atom. The number of carbonyl (C=O) groups is 1. The van der Waals surface area contributed by atoms with Crippen molar-refractivity contribution in [1.29, 1.82) is 0 Å². The Hall–Kier alpha value is -2.60. The minimum absolute atomic E-state index is 0.187. The number of nitrogens with one attached hydrogen (secondary N) is 1. The Kier molecular flexibility index (Phi) is 5.50. The fraction of sp³-hybridized carbons (Fsp3) is 0.368. The number of hydrogen-bond donors (Lipinski definition) is 1. The van der Waals surface area contributed by atoms with Crippen molar-refractivity contribution in [3.63, 3.8) is 0 Å². The number of nitrogens with zero attached hydrogens (tertiary/aromatic N) is 2. The van der Waals surface area contributed by atoms with E-state index in [1.165, 1.54) is 11.8 Å². The van der Waals surface area contributed by atoms with E-state index in [1.807, 2.05) is 12.1 Å². The zero-order chi connectivity index (χ0) is 17.6. The van der Waals surface area contributed by atoms with Crippen LogP contribution in [0.4, 0.5) is 0 Å². The molecule has 1 aromatic carbocycles. The molecule has 1 aromatic heterocycles. The highest BCUT2D eigenvalue weighted by molar-refractivity contribution is 5.93. The van der Waals surface area contributed by atoms with Crippen LogP contribution in [0.5, 0.6) is 5.75 Å². The third-order valence-electron chi connectivity index (χ3n) is 4.49. The molecule has 2 aromatic rings. The standard InChI is InChI=1S/C19H23N3O3/c1-25-16-7-5-15(6-8-16)14-21-10-3-11-22(13-12-21)19(24)17-4-2-9-20-18(17)23/h2,4-9H,3,10-14H2,1H3,(H,20,23). The van der Waals surface area contributed by atoms with Crippen molar-refractivity contribution in [3.8, 4) is 5.75 Å². The van der Waals surface area contributed by atoms with E-state index in [9.17, 15) is 9.59 Å². The van der Waals surface area contributed by atoms with E-state index >= 15 is 0 Å². The van der Waals surface area contributed by atoms with E-state index in [0.29, 0.717) is 13.1 Å². The lowest BCUT2D eigenvalue weighted by molar-refractivity contribution is 0.0759. The predicted octanol–water partition coefficient (Wildman–Crippen LogP) is 1.73. The summed E-state index contributed by atoms with van der Waals surface area (Å²) in [5.41, 5.74) is 1.11. The van der Waals surface area contributed by atoms with Crippen molar-refractivity contribution in [1.82, 2.24) is 14.8 Å². The van der Waals surface area contributed by atoms with Crippen LogP contribution in [-0.4, -0.2) is 54.0 Å². The van der Waals surface area contributed by atoms with Crippen LogP contribution in [0.1, 0.15) is 22.3 Å². The summed E-state index contributed by atoms with van der Waals surface area (Å²) in [7, 11) is 1.66. The van der Waals surface area contributed by atoms with Gasteiger partial charge in [0.2, 0.25) is 0 Å². The van der Waals surface area contributed by atoms with Gasteiger partial charge in [-0.15, -0.1) is 0 Å². The quantitative estimate of drug-likeness (QED) is 0.920. The molecular formula is C19H23N3O3. The van der Waals surface area contributed by atoms with Gasteiger partial charge in [-0.1, -0.05) is 12.1 Å². The smallest absolute Gasteiger partial charge is 0.260 e. The monoisotopic (exact) mass is 341 g/mol. The third kappa shape index (κ3) is 4.28. The topological polar surface area (TPSA) is 65.6 Å². The van der Waals surface area contributed by atoms with Crippen LogP contribution < -0.4 is 10.3 Å². The Morgan fingerprint density at radius 2 is 1.92 bits per heavy atom. The molecule has 6 heteroatoms. The van der Waals surface area contributed by atoms with Gasteiger partial charge in [-0.25, -0.2) is 0 Å². The molecule has 1 amide bonds. The van der Waals surface area contributed by atoms with Crippen LogP contribution >= 0.6 is 0 Å². The molecule has 3 rings (SSSR count). The summed E-state index contributed by atoms with van der Waals surface area (Å²) in [5.74, 6) is 0.664. The number of methoxy groups -OCH3 is 1. The maximum Gasteiger partial charge on any atom is 0.260 e. The van der Waals surface area contributed by atoms with Crippen molar-refractivity contribution in [2.75, 3.05) is 33.3 Å². The number of aromatic amines is 1. The molecule has 132 valence electrons. The number of benzene rings is 1. The molecule has 1 saturated heterocycles. The highest BCUT2D eigenvalue weighted by Gasteiger charge is 2.22. The van der Waals surface area contributed by atoms with Gasteiger partial charge in [-0.2, -0.15) is 0 Å². The summed E-state index contributed by atoms with van der Waals surface area (Å²) < 4.78 is 5.19. The van der Waals surface area contributed by atoms with Crippen LogP contribution in [0.15, 0.2) is 47.4 Å². The number of pyridine rings is 1. The number of aromatic nitrogens is 1. The lowest BCUT2D eigenvalue weighted by atomic mass is 10.2. The fourth-order valence-corrected chi connectivity index (χ4v) is 3.08. The van der Waals surface area contributed by atoms with E-state index in [1.54, 1.807) is 24.1 Å². The molecule has 1 fully saturated rings. The van der Waals surface area contributed by atoms with Gasteiger partial charge >= 0.3 is 0 Å². The van der Waals surface area contributed by atoms with Crippen molar-refractivity contribution < 1.29 is 9.53 Å². The van der Waals surface area contributed by atoms with Gasteiger partial charge in [-0.05, 0) is 36.2 Å². The Morgan fingerprint density at radius 3 is 2.64 bits per heavy atom. The number of rotatable bonds is 4. The van der Waals surface area contributed by atoms with Gasteiger partial charge in [0.15, 0.2) is 0 Å². The molecule has 1 aliphatic heterocycles. The van der Waals surface area contributed by atoms with Gasteiger partial charge in [-0.3, -0.25) is 14.5 Å². The summed E-state index contributed by atoms with van der Waals surface area (Å²) >= 11 is 0. The van der Waals surface area contributed by atoms with E-state index in [-0.39, 0.29) is 17.0 Å². The summed E-state index contributed by atoms with van der Waals surface area (Å²) in [6, 6.07) is 11.3. The first-order valence-electron chi connectivity index (χ1n) is 8.49. The normalized spacial score (nSPS) is 15.6. The first kappa shape index (κ1) is 17.2. The maximum atomic E-state index is 12.6. The zero-order valence-corrected chi connectivity index (χ0v) is 14.4. The Balaban J connectivity index is 1.61. The highest BCUT2D eigenvalue weighted by Crippen LogP contribution is 2.14. The average molecular weight is 341 g/mol. The number of carbonyl (C=O) groups excluding carboxylic acids is 1. The molecule has 25 heavy (non-hydrogen) atoms. The van der Waals surface area contributed by atoms with Crippen LogP contribution in [0.3, 0.4) is 0 Å². The SMILES string of the molecule is COc1ccc(CN2CCCN(C(=O)c3ccc[nH]c3=O)CC2)cc1. The minimum Gasteiger partial charge on any atom is -0.497 e. The van der Waals surface area contributed by atoms with Gasteiger partial charge in [0, 0.05) is 38.9 Å². The Bertz CT molecular complexity index is 770. The summed E-state index contributed by atoms with van der Waals surface area (Å²) in [5, 5.41) is 0. The molecule has 0 saturated carbocycles. The number of ether oxygens (including phenoxy) is 1. The largest absolute Gasteiger partial charge is 0.497 e.